The largest absolute Gasteiger partial charge is 0.410 e. The minimum atomic E-state index is -0.0572. The summed E-state index contributed by atoms with van der Waals surface area (Å²) in [5.74, 6) is 0.990. The highest BCUT2D eigenvalue weighted by molar-refractivity contribution is 7.99. The summed E-state index contributed by atoms with van der Waals surface area (Å²) in [6, 6.07) is 10.1. The van der Waals surface area contributed by atoms with E-state index in [0.29, 0.717) is 21.9 Å². The molecule has 0 N–H and O–H groups in total. The molecule has 3 rings (SSSR count). The first-order chi connectivity index (χ1) is 10.2. The highest BCUT2D eigenvalue weighted by atomic mass is 35.5. The lowest BCUT2D eigenvalue weighted by Gasteiger charge is -1.96. The monoisotopic (exact) mass is 335 g/mol. The number of hydrogen-bond donors (Lipinski definition) is 0. The summed E-state index contributed by atoms with van der Waals surface area (Å²) in [5.41, 5.74) is 0. The maximum absolute atomic E-state index is 8.77. The van der Waals surface area contributed by atoms with E-state index in [2.05, 4.69) is 16.3 Å². The van der Waals surface area contributed by atoms with Crippen LogP contribution in [0.4, 0.5) is 0 Å². The molecule has 2 heterocycles. The van der Waals surface area contributed by atoms with Crippen LogP contribution in [0.25, 0.3) is 20.9 Å². The zero-order valence-corrected chi connectivity index (χ0v) is 13.4. The van der Waals surface area contributed by atoms with E-state index in [1.165, 1.54) is 23.1 Å². The standard InChI is InChI=1S/C14H10ClN3OS2/c1-8(6-16)7-20-14-18-17-13(19-14)12-11(15)9-4-2-3-5-10(9)21-12/h2-5,8H,7H2,1H3/t8-/m1/s1. The predicted molar refractivity (Wildman–Crippen MR) is 85.6 cm³/mol. The summed E-state index contributed by atoms with van der Waals surface area (Å²) in [6.45, 7) is 1.85. The molecule has 0 bridgehead atoms. The van der Waals surface area contributed by atoms with E-state index in [-0.39, 0.29) is 5.92 Å². The van der Waals surface area contributed by atoms with E-state index < -0.39 is 0 Å². The molecule has 4 nitrogen and oxygen atoms in total. The molecule has 0 aliphatic carbocycles. The molecule has 21 heavy (non-hydrogen) atoms. The van der Waals surface area contributed by atoms with Crippen molar-refractivity contribution in [3.05, 3.63) is 29.3 Å². The van der Waals surface area contributed by atoms with Gasteiger partial charge in [-0.15, -0.1) is 21.5 Å². The van der Waals surface area contributed by atoms with E-state index in [1.54, 1.807) is 0 Å². The van der Waals surface area contributed by atoms with Gasteiger partial charge in [-0.25, -0.2) is 0 Å². The summed E-state index contributed by atoms with van der Waals surface area (Å²) < 4.78 is 6.72. The molecule has 3 aromatic rings. The second-order valence-corrected chi connectivity index (χ2v) is 6.86. The van der Waals surface area contributed by atoms with E-state index in [4.69, 9.17) is 21.3 Å². The summed E-state index contributed by atoms with van der Waals surface area (Å²) in [6.07, 6.45) is 0. The molecule has 7 heteroatoms. The second-order valence-electron chi connectivity index (χ2n) is 4.46. The fraction of sp³-hybridized carbons (Fsp3) is 0.214. The highest BCUT2D eigenvalue weighted by Crippen LogP contribution is 2.41. The molecular weight excluding hydrogens is 326 g/mol. The summed E-state index contributed by atoms with van der Waals surface area (Å²) in [7, 11) is 0. The van der Waals surface area contributed by atoms with Crippen molar-refractivity contribution in [1.29, 1.82) is 5.26 Å². The van der Waals surface area contributed by atoms with Gasteiger partial charge < -0.3 is 4.42 Å². The Morgan fingerprint density at radius 1 is 1.43 bits per heavy atom. The Morgan fingerprint density at radius 3 is 3.00 bits per heavy atom. The molecule has 1 atom stereocenters. The normalized spacial score (nSPS) is 12.4. The van der Waals surface area contributed by atoms with Crippen LogP contribution in [0, 0.1) is 17.2 Å². The summed E-state index contributed by atoms with van der Waals surface area (Å²) in [5, 5.41) is 18.9. The van der Waals surface area contributed by atoms with Crippen molar-refractivity contribution >= 4 is 44.8 Å². The van der Waals surface area contributed by atoms with Gasteiger partial charge in [0.1, 0.15) is 4.88 Å². The third-order valence-electron chi connectivity index (χ3n) is 2.81. The number of thiophene rings is 1. The van der Waals surface area contributed by atoms with Crippen LogP contribution >= 0.6 is 34.7 Å². The molecule has 1 aromatic carbocycles. The Bertz CT molecular complexity index is 821. The zero-order chi connectivity index (χ0) is 14.8. The van der Waals surface area contributed by atoms with E-state index in [0.717, 1.165) is 15.0 Å². The molecule has 106 valence electrons. The van der Waals surface area contributed by atoms with E-state index >= 15 is 0 Å². The van der Waals surface area contributed by atoms with Gasteiger partial charge in [-0.1, -0.05) is 41.6 Å². The Hall–Kier alpha value is -1.55. The van der Waals surface area contributed by atoms with Crippen LogP contribution in [0.3, 0.4) is 0 Å². The second kappa shape index (κ2) is 6.06. The third kappa shape index (κ3) is 2.91. The van der Waals surface area contributed by atoms with Gasteiger partial charge in [-0.3, -0.25) is 0 Å². The first-order valence-electron chi connectivity index (χ1n) is 6.22. The average Bonchev–Trinajstić information content (AvgIpc) is 3.10. The predicted octanol–water partition coefficient (Wildman–Crippen LogP) is 4.86. The van der Waals surface area contributed by atoms with Crippen LogP contribution in [0.15, 0.2) is 33.9 Å². The maximum Gasteiger partial charge on any atom is 0.276 e. The van der Waals surface area contributed by atoms with Crippen LogP contribution in [0.2, 0.25) is 5.02 Å². The van der Waals surface area contributed by atoms with E-state index in [9.17, 15) is 0 Å². The van der Waals surface area contributed by atoms with Crippen molar-refractivity contribution in [3.63, 3.8) is 0 Å². The molecule has 0 saturated heterocycles. The first-order valence-corrected chi connectivity index (χ1v) is 8.40. The van der Waals surface area contributed by atoms with Crippen LogP contribution < -0.4 is 0 Å². The Kier molecular flexibility index (Phi) is 4.15. The quantitative estimate of drug-likeness (QED) is 0.637. The van der Waals surface area contributed by atoms with Crippen molar-refractivity contribution in [2.45, 2.75) is 12.1 Å². The van der Waals surface area contributed by atoms with Gasteiger partial charge >= 0.3 is 0 Å². The van der Waals surface area contributed by atoms with Crippen LogP contribution in [-0.4, -0.2) is 16.0 Å². The number of hydrogen-bond acceptors (Lipinski definition) is 6. The Labute approximate surface area is 134 Å². The number of aromatic nitrogens is 2. The van der Waals surface area contributed by atoms with Gasteiger partial charge in [-0.05, 0) is 13.0 Å². The van der Waals surface area contributed by atoms with Gasteiger partial charge in [0.25, 0.3) is 11.1 Å². The molecule has 0 spiro atoms. The van der Waals surface area contributed by atoms with Gasteiger partial charge in [0.2, 0.25) is 0 Å². The van der Waals surface area contributed by atoms with E-state index in [1.807, 2.05) is 31.2 Å². The van der Waals surface area contributed by atoms with Gasteiger partial charge in [-0.2, -0.15) is 5.26 Å². The molecule has 0 radical (unpaired) electrons. The highest BCUT2D eigenvalue weighted by Gasteiger charge is 2.18. The maximum atomic E-state index is 8.77. The average molecular weight is 336 g/mol. The number of nitrogens with zero attached hydrogens (tertiary/aromatic N) is 3. The van der Waals surface area contributed by atoms with Crippen molar-refractivity contribution in [2.24, 2.45) is 5.92 Å². The minimum absolute atomic E-state index is 0.0572. The topological polar surface area (TPSA) is 62.7 Å². The third-order valence-corrected chi connectivity index (χ3v) is 5.55. The SMILES string of the molecule is C[C@H](C#N)CSc1nnc(-c2sc3ccccc3c2Cl)o1. The summed E-state index contributed by atoms with van der Waals surface area (Å²) in [4.78, 5) is 0.783. The molecule has 0 aliphatic rings. The molecule has 0 saturated carbocycles. The Balaban J connectivity index is 1.88. The molecule has 0 amide bonds. The van der Waals surface area contributed by atoms with Crippen LogP contribution in [0.5, 0.6) is 0 Å². The fourth-order valence-corrected chi connectivity index (χ4v) is 3.88. The lowest BCUT2D eigenvalue weighted by atomic mass is 10.2. The fourth-order valence-electron chi connectivity index (χ4n) is 1.74. The van der Waals surface area contributed by atoms with Crippen LogP contribution in [-0.2, 0) is 0 Å². The van der Waals surface area contributed by atoms with Gasteiger partial charge in [0, 0.05) is 15.8 Å². The lowest BCUT2D eigenvalue weighted by Crippen LogP contribution is -1.92. The number of rotatable bonds is 4. The molecular formula is C14H10ClN3OS2. The number of fused-ring (bicyclic) bond motifs is 1. The number of thioether (sulfide) groups is 1. The number of halogens is 1. The van der Waals surface area contributed by atoms with Crippen molar-refractivity contribution in [3.8, 4) is 16.8 Å². The molecule has 0 aliphatic heterocycles. The van der Waals surface area contributed by atoms with Crippen molar-refractivity contribution in [2.75, 3.05) is 5.75 Å². The first kappa shape index (κ1) is 14.4. The van der Waals surface area contributed by atoms with Gasteiger partial charge in [0.05, 0.1) is 17.0 Å². The zero-order valence-electron chi connectivity index (χ0n) is 11.0. The molecule has 0 unspecified atom stereocenters. The Morgan fingerprint density at radius 2 is 2.24 bits per heavy atom. The number of nitriles is 1. The molecule has 2 aromatic heterocycles. The van der Waals surface area contributed by atoms with Gasteiger partial charge in [0.15, 0.2) is 0 Å². The van der Waals surface area contributed by atoms with Crippen molar-refractivity contribution < 1.29 is 4.42 Å². The smallest absolute Gasteiger partial charge is 0.276 e. The minimum Gasteiger partial charge on any atom is -0.410 e. The molecule has 0 fully saturated rings. The van der Waals surface area contributed by atoms with Crippen molar-refractivity contribution in [1.82, 2.24) is 10.2 Å². The van der Waals surface area contributed by atoms with Crippen LogP contribution in [0.1, 0.15) is 6.92 Å². The summed E-state index contributed by atoms with van der Waals surface area (Å²) >= 11 is 9.29. The number of benzene rings is 1. The lowest BCUT2D eigenvalue weighted by molar-refractivity contribution is 0.466.